The summed E-state index contributed by atoms with van der Waals surface area (Å²) in [4.78, 5) is 22.2. The number of ketones is 1. The molecule has 0 saturated heterocycles. The van der Waals surface area contributed by atoms with Gasteiger partial charge in [0.25, 0.3) is 0 Å². The van der Waals surface area contributed by atoms with Crippen molar-refractivity contribution in [3.05, 3.63) is 23.5 Å². The van der Waals surface area contributed by atoms with Crippen molar-refractivity contribution in [1.82, 2.24) is 4.57 Å². The second-order valence-electron chi connectivity index (χ2n) is 4.22. The topological polar surface area (TPSA) is 65.1 Å². The van der Waals surface area contributed by atoms with E-state index in [-0.39, 0.29) is 11.7 Å². The van der Waals surface area contributed by atoms with E-state index in [1.165, 1.54) is 0 Å². The Morgan fingerprint density at radius 2 is 2.25 bits per heavy atom. The minimum Gasteiger partial charge on any atom is -0.370 e. The molecule has 1 heterocycles. The van der Waals surface area contributed by atoms with Gasteiger partial charge in [-0.2, -0.15) is 0 Å². The summed E-state index contributed by atoms with van der Waals surface area (Å²) in [6.07, 6.45) is 5.65. The maximum atomic E-state index is 11.6. The van der Waals surface area contributed by atoms with Crippen molar-refractivity contribution in [3.63, 3.8) is 0 Å². The Hall–Kier alpha value is -1.58. The zero-order valence-corrected chi connectivity index (χ0v) is 9.24. The fraction of sp³-hybridized carbons (Fsp3) is 0.500. The van der Waals surface area contributed by atoms with Crippen molar-refractivity contribution in [3.8, 4) is 0 Å². The average molecular weight is 220 g/mol. The SMILES string of the molecule is NC(=O)CCCn1ccc2c1CCCC2=O. The number of aromatic nitrogens is 1. The number of primary amides is 1. The molecule has 0 spiro atoms. The number of carbonyl (C=O) groups is 2. The van der Waals surface area contributed by atoms with Crippen molar-refractivity contribution in [2.45, 2.75) is 38.6 Å². The molecule has 0 fully saturated rings. The van der Waals surface area contributed by atoms with Gasteiger partial charge in [-0.05, 0) is 25.3 Å². The van der Waals surface area contributed by atoms with Crippen molar-refractivity contribution in [2.24, 2.45) is 5.73 Å². The smallest absolute Gasteiger partial charge is 0.217 e. The molecule has 0 aromatic carbocycles. The fourth-order valence-electron chi connectivity index (χ4n) is 2.22. The second-order valence-corrected chi connectivity index (χ2v) is 4.22. The molecule has 2 rings (SSSR count). The molecule has 0 atom stereocenters. The number of hydrogen-bond donors (Lipinski definition) is 1. The van der Waals surface area contributed by atoms with Crippen LogP contribution in [0, 0.1) is 0 Å². The number of hydrogen-bond acceptors (Lipinski definition) is 2. The second kappa shape index (κ2) is 4.51. The lowest BCUT2D eigenvalue weighted by molar-refractivity contribution is -0.118. The van der Waals surface area contributed by atoms with Gasteiger partial charge >= 0.3 is 0 Å². The van der Waals surface area contributed by atoms with Crippen LogP contribution in [0.4, 0.5) is 0 Å². The van der Waals surface area contributed by atoms with E-state index < -0.39 is 0 Å². The zero-order chi connectivity index (χ0) is 11.5. The molecule has 2 N–H and O–H groups in total. The Morgan fingerprint density at radius 1 is 1.44 bits per heavy atom. The molecule has 4 nitrogen and oxygen atoms in total. The Kier molecular flexibility index (Phi) is 3.08. The summed E-state index contributed by atoms with van der Waals surface area (Å²) in [5, 5.41) is 0. The first-order valence-corrected chi connectivity index (χ1v) is 5.68. The van der Waals surface area contributed by atoms with Gasteiger partial charge in [0.05, 0.1) is 0 Å². The highest BCUT2D eigenvalue weighted by molar-refractivity contribution is 5.98. The van der Waals surface area contributed by atoms with Crippen LogP contribution in [0.1, 0.15) is 41.7 Å². The lowest BCUT2D eigenvalue weighted by Crippen LogP contribution is -2.15. The number of fused-ring (bicyclic) bond motifs is 1. The molecule has 86 valence electrons. The van der Waals surface area contributed by atoms with Gasteiger partial charge in [0.2, 0.25) is 5.91 Å². The predicted octanol–water partition coefficient (Wildman–Crippen LogP) is 1.27. The molecule has 0 radical (unpaired) electrons. The number of carbonyl (C=O) groups excluding carboxylic acids is 2. The Morgan fingerprint density at radius 3 is 3.00 bits per heavy atom. The minimum absolute atomic E-state index is 0.245. The Balaban J connectivity index is 2.05. The van der Waals surface area contributed by atoms with Crippen molar-refractivity contribution in [1.29, 1.82) is 0 Å². The quantitative estimate of drug-likeness (QED) is 0.830. The van der Waals surface area contributed by atoms with Crippen LogP contribution in [0.5, 0.6) is 0 Å². The molecule has 1 aliphatic rings. The lowest BCUT2D eigenvalue weighted by Gasteiger charge is -2.14. The highest BCUT2D eigenvalue weighted by atomic mass is 16.1. The summed E-state index contributed by atoms with van der Waals surface area (Å²) in [6.45, 7) is 0.769. The highest BCUT2D eigenvalue weighted by Crippen LogP contribution is 2.22. The zero-order valence-electron chi connectivity index (χ0n) is 9.24. The van der Waals surface area contributed by atoms with Gasteiger partial charge in [-0.1, -0.05) is 0 Å². The van der Waals surface area contributed by atoms with Crippen LogP contribution >= 0.6 is 0 Å². The number of nitrogens with two attached hydrogens (primary N) is 1. The normalized spacial score (nSPS) is 14.9. The molecule has 0 bridgehead atoms. The standard InChI is InChI=1S/C12H16N2O2/c13-12(16)5-2-7-14-8-6-9-10(14)3-1-4-11(9)15/h6,8H,1-5,7H2,(H2,13,16). The first-order chi connectivity index (χ1) is 7.68. The van der Waals surface area contributed by atoms with E-state index in [4.69, 9.17) is 5.73 Å². The van der Waals surface area contributed by atoms with Crippen LogP contribution in [-0.2, 0) is 17.8 Å². The van der Waals surface area contributed by atoms with E-state index >= 15 is 0 Å². The monoisotopic (exact) mass is 220 g/mol. The first kappa shape index (κ1) is 10.9. The minimum atomic E-state index is -0.267. The van der Waals surface area contributed by atoms with Gasteiger partial charge in [-0.25, -0.2) is 0 Å². The molecular formula is C12H16N2O2. The summed E-state index contributed by atoms with van der Waals surface area (Å²) in [5.41, 5.74) is 7.08. The molecule has 0 saturated carbocycles. The molecule has 0 unspecified atom stereocenters. The summed E-state index contributed by atoms with van der Waals surface area (Å²) in [6, 6.07) is 1.89. The number of rotatable bonds is 4. The third-order valence-corrected chi connectivity index (χ3v) is 3.02. The van der Waals surface area contributed by atoms with Gasteiger partial charge in [0.1, 0.15) is 0 Å². The van der Waals surface area contributed by atoms with Crippen LogP contribution in [0.25, 0.3) is 0 Å². The predicted molar refractivity (Wildman–Crippen MR) is 60.1 cm³/mol. The van der Waals surface area contributed by atoms with Gasteiger partial charge in [-0.15, -0.1) is 0 Å². The largest absolute Gasteiger partial charge is 0.370 e. The van der Waals surface area contributed by atoms with E-state index in [1.807, 2.05) is 12.3 Å². The van der Waals surface area contributed by atoms with Crippen molar-refractivity contribution >= 4 is 11.7 Å². The number of Topliss-reactive ketones (excluding diaryl/α,β-unsaturated/α-hetero) is 1. The molecule has 0 aliphatic heterocycles. The molecular weight excluding hydrogens is 204 g/mol. The summed E-state index contributed by atoms with van der Waals surface area (Å²) in [7, 11) is 0. The van der Waals surface area contributed by atoms with Gasteiger partial charge in [0, 0.05) is 36.8 Å². The average Bonchev–Trinajstić information content (AvgIpc) is 2.63. The van der Waals surface area contributed by atoms with Crippen molar-refractivity contribution in [2.75, 3.05) is 0 Å². The maximum Gasteiger partial charge on any atom is 0.217 e. The van der Waals surface area contributed by atoms with Gasteiger partial charge < -0.3 is 10.3 Å². The van der Waals surface area contributed by atoms with Gasteiger partial charge in [0.15, 0.2) is 5.78 Å². The van der Waals surface area contributed by atoms with Crippen molar-refractivity contribution < 1.29 is 9.59 Å². The van der Waals surface area contributed by atoms with Crippen LogP contribution in [0.3, 0.4) is 0 Å². The summed E-state index contributed by atoms with van der Waals surface area (Å²) in [5.74, 6) is -0.0213. The molecule has 4 heteroatoms. The highest BCUT2D eigenvalue weighted by Gasteiger charge is 2.20. The summed E-state index contributed by atoms with van der Waals surface area (Å²) >= 11 is 0. The van der Waals surface area contributed by atoms with Crippen LogP contribution in [0.15, 0.2) is 12.3 Å². The van der Waals surface area contributed by atoms with Crippen LogP contribution in [0.2, 0.25) is 0 Å². The van der Waals surface area contributed by atoms with E-state index in [0.717, 1.165) is 37.1 Å². The van der Waals surface area contributed by atoms with E-state index in [9.17, 15) is 9.59 Å². The van der Waals surface area contributed by atoms with Crippen LogP contribution < -0.4 is 5.73 Å². The fourth-order valence-corrected chi connectivity index (χ4v) is 2.22. The molecule has 1 aliphatic carbocycles. The molecule has 1 aromatic heterocycles. The lowest BCUT2D eigenvalue weighted by atomic mass is 9.97. The third-order valence-electron chi connectivity index (χ3n) is 3.02. The number of nitrogens with zero attached hydrogens (tertiary/aromatic N) is 1. The third kappa shape index (κ3) is 2.15. The molecule has 1 aromatic rings. The molecule has 1 amide bonds. The van der Waals surface area contributed by atoms with E-state index in [0.29, 0.717) is 12.8 Å². The van der Waals surface area contributed by atoms with E-state index in [1.54, 1.807) is 0 Å². The van der Waals surface area contributed by atoms with E-state index in [2.05, 4.69) is 4.57 Å². The Labute approximate surface area is 94.4 Å². The first-order valence-electron chi connectivity index (χ1n) is 5.68. The Bertz CT molecular complexity index is 421. The summed E-state index contributed by atoms with van der Waals surface area (Å²) < 4.78 is 2.08. The number of amides is 1. The molecule has 16 heavy (non-hydrogen) atoms. The number of aryl methyl sites for hydroxylation is 1. The van der Waals surface area contributed by atoms with Gasteiger partial charge in [-0.3, -0.25) is 9.59 Å². The van der Waals surface area contributed by atoms with Crippen LogP contribution in [-0.4, -0.2) is 16.3 Å². The maximum absolute atomic E-state index is 11.6.